The van der Waals surface area contributed by atoms with Crippen molar-refractivity contribution in [2.45, 2.75) is 12.5 Å². The van der Waals surface area contributed by atoms with Crippen molar-refractivity contribution in [2.75, 3.05) is 25.1 Å². The van der Waals surface area contributed by atoms with E-state index in [0.717, 1.165) is 11.0 Å². The number of nitrogens with zero attached hydrogens (tertiary/aromatic N) is 3. The molecule has 0 radical (unpaired) electrons. The van der Waals surface area contributed by atoms with Gasteiger partial charge in [-0.2, -0.15) is 5.26 Å². The molecular weight excluding hydrogens is 308 g/mol. The first-order valence-electron chi connectivity index (χ1n) is 7.51. The number of pyridine rings is 1. The number of aliphatic hydroxyl groups excluding tert-OH is 3. The summed E-state index contributed by atoms with van der Waals surface area (Å²) in [6.45, 7) is 0.440. The van der Waals surface area contributed by atoms with Crippen LogP contribution in [0.2, 0.25) is 0 Å². The van der Waals surface area contributed by atoms with Gasteiger partial charge in [0.2, 0.25) is 0 Å². The number of nitrogens with one attached hydrogen (secondary N) is 1. The van der Waals surface area contributed by atoms with Gasteiger partial charge in [-0.25, -0.2) is 4.98 Å². The molecule has 0 aliphatic rings. The zero-order valence-corrected chi connectivity index (χ0v) is 13.2. The molecule has 24 heavy (non-hydrogen) atoms. The molecule has 0 fully saturated rings. The van der Waals surface area contributed by atoms with Crippen molar-refractivity contribution >= 4 is 22.5 Å². The first-order chi connectivity index (χ1) is 11.6. The maximum absolute atomic E-state index is 9.58. The monoisotopic (exact) mass is 326 g/mol. The van der Waals surface area contributed by atoms with Gasteiger partial charge in [-0.05, 0) is 30.7 Å². The molecular formula is C17H18N4O3. The molecule has 0 aliphatic carbocycles. The number of anilines is 1. The van der Waals surface area contributed by atoms with E-state index in [0.29, 0.717) is 22.6 Å². The Morgan fingerprint density at radius 2 is 1.88 bits per heavy atom. The van der Waals surface area contributed by atoms with Crippen LogP contribution in [0.25, 0.3) is 16.7 Å². The maximum atomic E-state index is 9.58. The van der Waals surface area contributed by atoms with Gasteiger partial charge in [0.25, 0.3) is 0 Å². The third-order valence-corrected chi connectivity index (χ3v) is 4.19. The number of imidazole rings is 1. The Morgan fingerprint density at radius 1 is 1.21 bits per heavy atom. The van der Waals surface area contributed by atoms with Crippen LogP contribution < -0.4 is 5.32 Å². The minimum Gasteiger partial charge on any atom is -0.394 e. The number of aromatic nitrogens is 2. The van der Waals surface area contributed by atoms with Gasteiger partial charge in [0.1, 0.15) is 17.4 Å². The predicted molar refractivity (Wildman–Crippen MR) is 89.8 cm³/mol. The van der Waals surface area contributed by atoms with Gasteiger partial charge < -0.3 is 20.6 Å². The summed E-state index contributed by atoms with van der Waals surface area (Å²) in [5.74, 6) is 0.535. The Labute approximate surface area is 138 Å². The van der Waals surface area contributed by atoms with Crippen LogP contribution in [0.3, 0.4) is 0 Å². The number of aliphatic hydroxyl groups is 3. The lowest BCUT2D eigenvalue weighted by Gasteiger charge is -2.30. The van der Waals surface area contributed by atoms with Crippen molar-refractivity contribution in [3.63, 3.8) is 0 Å². The highest BCUT2D eigenvalue weighted by Crippen LogP contribution is 2.28. The number of hydrogen-bond acceptors (Lipinski definition) is 6. The molecule has 0 saturated carbocycles. The number of rotatable bonds is 5. The average molecular weight is 326 g/mol. The summed E-state index contributed by atoms with van der Waals surface area (Å²) < 4.78 is 1.76. The third kappa shape index (κ3) is 2.37. The minimum atomic E-state index is -1.28. The number of para-hydroxylation sites is 2. The Morgan fingerprint density at radius 3 is 2.50 bits per heavy atom. The SMILES string of the molecule is Cc1cc(NC(CO)(CO)CO)n2c(nc3ccccc32)c1C#N. The first kappa shape index (κ1) is 16.2. The molecule has 4 N–H and O–H groups in total. The lowest BCUT2D eigenvalue weighted by molar-refractivity contribution is 0.0830. The van der Waals surface area contributed by atoms with Crippen LogP contribution in [0.4, 0.5) is 5.82 Å². The highest BCUT2D eigenvalue weighted by atomic mass is 16.3. The number of fused-ring (bicyclic) bond motifs is 3. The van der Waals surface area contributed by atoms with Gasteiger partial charge in [0.15, 0.2) is 5.65 Å². The second-order valence-corrected chi connectivity index (χ2v) is 5.84. The summed E-state index contributed by atoms with van der Waals surface area (Å²) in [7, 11) is 0. The first-order valence-corrected chi connectivity index (χ1v) is 7.51. The zero-order chi connectivity index (χ0) is 17.3. The van der Waals surface area contributed by atoms with E-state index < -0.39 is 25.4 Å². The molecule has 0 unspecified atom stereocenters. The summed E-state index contributed by atoms with van der Waals surface area (Å²) in [5.41, 5.74) is 1.90. The van der Waals surface area contributed by atoms with Crippen molar-refractivity contribution in [3.8, 4) is 6.07 Å². The van der Waals surface area contributed by atoms with Crippen LogP contribution in [0.15, 0.2) is 30.3 Å². The van der Waals surface area contributed by atoms with Crippen LogP contribution >= 0.6 is 0 Å². The lowest BCUT2D eigenvalue weighted by Crippen LogP contribution is -2.49. The largest absolute Gasteiger partial charge is 0.394 e. The molecule has 3 rings (SSSR count). The molecule has 0 spiro atoms. The number of nitriles is 1. The van der Waals surface area contributed by atoms with E-state index in [1.807, 2.05) is 24.3 Å². The summed E-state index contributed by atoms with van der Waals surface area (Å²) in [4.78, 5) is 4.53. The normalized spacial score (nSPS) is 11.8. The fourth-order valence-corrected chi connectivity index (χ4v) is 2.73. The van der Waals surface area contributed by atoms with Crippen molar-refractivity contribution in [1.82, 2.24) is 9.38 Å². The van der Waals surface area contributed by atoms with Crippen LogP contribution in [0, 0.1) is 18.3 Å². The van der Waals surface area contributed by atoms with Gasteiger partial charge in [-0.1, -0.05) is 12.1 Å². The van der Waals surface area contributed by atoms with E-state index in [1.165, 1.54) is 0 Å². The molecule has 1 aromatic carbocycles. The standard InChI is InChI=1S/C17H18N4O3/c1-11-6-15(20-17(8-22,9-23)10-24)21-14-5-3-2-4-13(14)19-16(21)12(11)7-18/h2-6,20,22-24H,8-10H2,1H3. The maximum Gasteiger partial charge on any atom is 0.157 e. The van der Waals surface area contributed by atoms with E-state index in [1.54, 1.807) is 17.4 Å². The summed E-state index contributed by atoms with van der Waals surface area (Å²) >= 11 is 0. The predicted octanol–water partition coefficient (Wildman–Crippen LogP) is 0.795. The zero-order valence-electron chi connectivity index (χ0n) is 13.2. The fraction of sp³-hybridized carbons (Fsp3) is 0.294. The molecule has 2 aromatic heterocycles. The Bertz CT molecular complexity index is 930. The summed E-state index contributed by atoms with van der Waals surface area (Å²) in [6.07, 6.45) is 0. The number of benzene rings is 1. The van der Waals surface area contributed by atoms with Crippen LogP contribution in [-0.4, -0.2) is 50.1 Å². The highest BCUT2D eigenvalue weighted by Gasteiger charge is 2.29. The van der Waals surface area contributed by atoms with Crippen LogP contribution in [0.1, 0.15) is 11.1 Å². The molecule has 7 heteroatoms. The van der Waals surface area contributed by atoms with Gasteiger partial charge in [0.05, 0.1) is 36.4 Å². The fourth-order valence-electron chi connectivity index (χ4n) is 2.73. The number of aryl methyl sites for hydroxylation is 1. The van der Waals surface area contributed by atoms with Gasteiger partial charge in [-0.3, -0.25) is 4.40 Å². The summed E-state index contributed by atoms with van der Waals surface area (Å²) in [6, 6.07) is 11.4. The molecule has 2 heterocycles. The van der Waals surface area contributed by atoms with Crippen LogP contribution in [-0.2, 0) is 0 Å². The van der Waals surface area contributed by atoms with Gasteiger partial charge >= 0.3 is 0 Å². The second-order valence-electron chi connectivity index (χ2n) is 5.84. The molecule has 7 nitrogen and oxygen atoms in total. The Kier molecular flexibility index (Phi) is 4.11. The molecule has 0 bridgehead atoms. The van der Waals surface area contributed by atoms with Crippen LogP contribution in [0.5, 0.6) is 0 Å². The van der Waals surface area contributed by atoms with Crippen molar-refractivity contribution in [3.05, 3.63) is 41.5 Å². The van der Waals surface area contributed by atoms with E-state index in [4.69, 9.17) is 0 Å². The van der Waals surface area contributed by atoms with E-state index in [2.05, 4.69) is 16.4 Å². The summed E-state index contributed by atoms with van der Waals surface area (Å²) in [5, 5.41) is 41.2. The minimum absolute atomic E-state index is 0.451. The lowest BCUT2D eigenvalue weighted by atomic mass is 10.0. The van der Waals surface area contributed by atoms with Crippen molar-refractivity contribution in [2.24, 2.45) is 0 Å². The Balaban J connectivity index is 2.34. The smallest absolute Gasteiger partial charge is 0.157 e. The van der Waals surface area contributed by atoms with E-state index in [-0.39, 0.29) is 0 Å². The van der Waals surface area contributed by atoms with Gasteiger partial charge in [-0.15, -0.1) is 0 Å². The quantitative estimate of drug-likeness (QED) is 0.551. The molecule has 124 valence electrons. The van der Waals surface area contributed by atoms with E-state index in [9.17, 15) is 20.6 Å². The molecule has 3 aromatic rings. The molecule has 0 atom stereocenters. The molecule has 0 saturated heterocycles. The average Bonchev–Trinajstić information content (AvgIpc) is 2.99. The van der Waals surface area contributed by atoms with Crippen molar-refractivity contribution in [1.29, 1.82) is 5.26 Å². The molecule has 0 aliphatic heterocycles. The van der Waals surface area contributed by atoms with Gasteiger partial charge in [0, 0.05) is 0 Å². The molecule has 0 amide bonds. The highest BCUT2D eigenvalue weighted by molar-refractivity contribution is 5.85. The van der Waals surface area contributed by atoms with Crippen molar-refractivity contribution < 1.29 is 15.3 Å². The van der Waals surface area contributed by atoms with E-state index >= 15 is 0 Å². The number of hydrogen-bond donors (Lipinski definition) is 4. The third-order valence-electron chi connectivity index (χ3n) is 4.19. The second kappa shape index (κ2) is 6.09. The topological polar surface area (TPSA) is 114 Å². The Hall–Kier alpha value is -2.66.